The van der Waals surface area contributed by atoms with Crippen LogP contribution in [0.3, 0.4) is 0 Å². The van der Waals surface area contributed by atoms with E-state index in [9.17, 15) is 4.39 Å². The molecule has 0 unspecified atom stereocenters. The van der Waals surface area contributed by atoms with Gasteiger partial charge in [0.05, 0.1) is 17.6 Å². The first-order valence-electron chi connectivity index (χ1n) is 2.66. The van der Waals surface area contributed by atoms with Gasteiger partial charge < -0.3 is 0 Å². The third-order valence-electron chi connectivity index (χ3n) is 0.971. The molecule has 1 aromatic heterocycles. The van der Waals surface area contributed by atoms with E-state index < -0.39 is 6.67 Å². The molecule has 1 aromatic rings. The second-order valence-electron chi connectivity index (χ2n) is 1.78. The summed E-state index contributed by atoms with van der Waals surface area (Å²) >= 11 is 0. The zero-order chi connectivity index (χ0) is 6.69. The average Bonchev–Trinajstić information content (AvgIpc) is 1.90. The summed E-state index contributed by atoms with van der Waals surface area (Å²) in [6, 6.07) is 0. The molecule has 0 aliphatic heterocycles. The fourth-order valence-corrected chi connectivity index (χ4v) is 0.488. The van der Waals surface area contributed by atoms with Crippen molar-refractivity contribution in [1.82, 2.24) is 9.97 Å². The Labute approximate surface area is 52.8 Å². The standard InChI is InChI=1S/C6H7FN2/c1-5-3-9-6(2-7)4-8-5/h3-4H,2H2,1H3. The molecule has 0 fully saturated rings. The third kappa shape index (κ3) is 1.45. The van der Waals surface area contributed by atoms with Crippen LogP contribution >= 0.6 is 0 Å². The molecule has 0 saturated heterocycles. The first kappa shape index (κ1) is 6.13. The van der Waals surface area contributed by atoms with Crippen LogP contribution in [0.25, 0.3) is 0 Å². The Balaban J connectivity index is 2.88. The molecule has 9 heavy (non-hydrogen) atoms. The minimum absolute atomic E-state index is 0.389. The third-order valence-corrected chi connectivity index (χ3v) is 0.971. The fraction of sp³-hybridized carbons (Fsp3) is 0.333. The topological polar surface area (TPSA) is 25.8 Å². The molecule has 0 N–H and O–H groups in total. The van der Waals surface area contributed by atoms with Crippen molar-refractivity contribution in [3.05, 3.63) is 23.8 Å². The molecule has 0 aliphatic carbocycles. The Morgan fingerprint density at radius 3 is 2.67 bits per heavy atom. The Morgan fingerprint density at radius 1 is 1.44 bits per heavy atom. The van der Waals surface area contributed by atoms with Crippen LogP contribution < -0.4 is 0 Å². The van der Waals surface area contributed by atoms with E-state index in [1.807, 2.05) is 6.92 Å². The van der Waals surface area contributed by atoms with E-state index in [1.54, 1.807) is 6.20 Å². The number of rotatable bonds is 1. The van der Waals surface area contributed by atoms with Crippen molar-refractivity contribution >= 4 is 0 Å². The van der Waals surface area contributed by atoms with Gasteiger partial charge in [-0.2, -0.15) is 0 Å². The number of hydrogen-bond acceptors (Lipinski definition) is 2. The van der Waals surface area contributed by atoms with E-state index >= 15 is 0 Å². The predicted molar refractivity (Wildman–Crippen MR) is 31.6 cm³/mol. The molecule has 0 atom stereocenters. The summed E-state index contributed by atoms with van der Waals surface area (Å²) in [5.74, 6) is 0. The number of aryl methyl sites for hydroxylation is 1. The summed E-state index contributed by atoms with van der Waals surface area (Å²) < 4.78 is 11.8. The summed E-state index contributed by atoms with van der Waals surface area (Å²) in [4.78, 5) is 7.61. The number of hydrogen-bond donors (Lipinski definition) is 0. The van der Waals surface area contributed by atoms with Crippen molar-refractivity contribution in [3.8, 4) is 0 Å². The SMILES string of the molecule is Cc1cnc(CF)cn1. The van der Waals surface area contributed by atoms with Crippen molar-refractivity contribution in [1.29, 1.82) is 0 Å². The minimum Gasteiger partial charge on any atom is -0.258 e. The van der Waals surface area contributed by atoms with Gasteiger partial charge in [0.1, 0.15) is 6.67 Å². The second kappa shape index (κ2) is 2.53. The van der Waals surface area contributed by atoms with Crippen molar-refractivity contribution in [2.24, 2.45) is 0 Å². The molecule has 0 aliphatic rings. The molecule has 0 radical (unpaired) electrons. The predicted octanol–water partition coefficient (Wildman–Crippen LogP) is 1.25. The van der Waals surface area contributed by atoms with E-state index in [0.29, 0.717) is 5.69 Å². The van der Waals surface area contributed by atoms with Crippen molar-refractivity contribution < 1.29 is 4.39 Å². The highest BCUT2D eigenvalue weighted by Gasteiger charge is 1.90. The van der Waals surface area contributed by atoms with Gasteiger partial charge in [-0.15, -0.1) is 0 Å². The lowest BCUT2D eigenvalue weighted by atomic mass is 10.4. The van der Waals surface area contributed by atoms with Gasteiger partial charge in [-0.1, -0.05) is 0 Å². The number of nitrogens with zero attached hydrogens (tertiary/aromatic N) is 2. The van der Waals surface area contributed by atoms with Gasteiger partial charge in [0.15, 0.2) is 0 Å². The number of halogens is 1. The molecule has 3 heteroatoms. The molecule has 0 amide bonds. The summed E-state index contributed by atoms with van der Waals surface area (Å²) in [6.07, 6.45) is 2.99. The van der Waals surface area contributed by atoms with E-state index in [1.165, 1.54) is 6.20 Å². The Morgan fingerprint density at radius 2 is 2.22 bits per heavy atom. The molecule has 2 nitrogen and oxygen atoms in total. The van der Waals surface area contributed by atoms with E-state index in [2.05, 4.69) is 9.97 Å². The maximum Gasteiger partial charge on any atom is 0.133 e. The van der Waals surface area contributed by atoms with Gasteiger partial charge in [-0.05, 0) is 6.92 Å². The number of aromatic nitrogens is 2. The lowest BCUT2D eigenvalue weighted by Gasteiger charge is -1.91. The van der Waals surface area contributed by atoms with Crippen LogP contribution in [0.15, 0.2) is 12.4 Å². The van der Waals surface area contributed by atoms with Gasteiger partial charge in [0.25, 0.3) is 0 Å². The first-order valence-corrected chi connectivity index (χ1v) is 2.66. The van der Waals surface area contributed by atoms with Crippen LogP contribution in [0.4, 0.5) is 4.39 Å². The smallest absolute Gasteiger partial charge is 0.133 e. The van der Waals surface area contributed by atoms with E-state index in [-0.39, 0.29) is 0 Å². The lowest BCUT2D eigenvalue weighted by molar-refractivity contribution is 0.474. The van der Waals surface area contributed by atoms with Gasteiger partial charge in [0.2, 0.25) is 0 Å². The van der Waals surface area contributed by atoms with E-state index in [4.69, 9.17) is 0 Å². The zero-order valence-corrected chi connectivity index (χ0v) is 5.13. The Kier molecular flexibility index (Phi) is 1.72. The maximum absolute atomic E-state index is 11.8. The van der Waals surface area contributed by atoms with Gasteiger partial charge in [0, 0.05) is 6.20 Å². The highest BCUT2D eigenvalue weighted by Crippen LogP contribution is 1.94. The van der Waals surface area contributed by atoms with Crippen LogP contribution in [0.1, 0.15) is 11.4 Å². The van der Waals surface area contributed by atoms with Gasteiger partial charge >= 0.3 is 0 Å². The second-order valence-corrected chi connectivity index (χ2v) is 1.78. The quantitative estimate of drug-likeness (QED) is 0.566. The van der Waals surface area contributed by atoms with Crippen LogP contribution in [-0.2, 0) is 6.67 Å². The maximum atomic E-state index is 11.8. The summed E-state index contributed by atoms with van der Waals surface area (Å²) in [5, 5.41) is 0. The van der Waals surface area contributed by atoms with Crippen molar-refractivity contribution in [2.75, 3.05) is 0 Å². The molecule has 0 aromatic carbocycles. The summed E-state index contributed by atoms with van der Waals surface area (Å²) in [6.45, 7) is 1.28. The minimum atomic E-state index is -0.534. The zero-order valence-electron chi connectivity index (χ0n) is 5.13. The number of alkyl halides is 1. The van der Waals surface area contributed by atoms with Crippen LogP contribution in [-0.4, -0.2) is 9.97 Å². The molecular formula is C6H7FN2. The molecule has 1 heterocycles. The fourth-order valence-electron chi connectivity index (χ4n) is 0.488. The van der Waals surface area contributed by atoms with Crippen molar-refractivity contribution in [3.63, 3.8) is 0 Å². The molecule has 48 valence electrons. The highest BCUT2D eigenvalue weighted by atomic mass is 19.1. The molecular weight excluding hydrogens is 119 g/mol. The lowest BCUT2D eigenvalue weighted by Crippen LogP contribution is -1.88. The van der Waals surface area contributed by atoms with Gasteiger partial charge in [-0.3, -0.25) is 9.97 Å². The van der Waals surface area contributed by atoms with E-state index in [0.717, 1.165) is 5.69 Å². The van der Waals surface area contributed by atoms with Crippen LogP contribution in [0.5, 0.6) is 0 Å². The first-order chi connectivity index (χ1) is 4.33. The largest absolute Gasteiger partial charge is 0.258 e. The highest BCUT2D eigenvalue weighted by molar-refractivity contribution is 4.98. The normalized spacial score (nSPS) is 9.56. The summed E-state index contributed by atoms with van der Waals surface area (Å²) in [5.41, 5.74) is 1.20. The van der Waals surface area contributed by atoms with Crippen LogP contribution in [0.2, 0.25) is 0 Å². The Hall–Kier alpha value is -0.990. The molecule has 1 rings (SSSR count). The van der Waals surface area contributed by atoms with Crippen LogP contribution in [0, 0.1) is 6.92 Å². The average molecular weight is 126 g/mol. The Bertz CT molecular complexity index is 183. The monoisotopic (exact) mass is 126 g/mol. The molecule has 0 saturated carbocycles. The van der Waals surface area contributed by atoms with Gasteiger partial charge in [-0.25, -0.2) is 4.39 Å². The molecule has 0 spiro atoms. The summed E-state index contributed by atoms with van der Waals surface area (Å²) in [7, 11) is 0. The van der Waals surface area contributed by atoms with Crippen molar-refractivity contribution in [2.45, 2.75) is 13.6 Å². The molecule has 0 bridgehead atoms.